The molecular weight excluding hydrogens is 351 g/mol. The zero-order valence-electron chi connectivity index (χ0n) is 10.1. The predicted octanol–water partition coefficient (Wildman–Crippen LogP) is 3.86. The predicted molar refractivity (Wildman–Crippen MR) is 83.1 cm³/mol. The highest BCUT2D eigenvalue weighted by Crippen LogP contribution is 2.22. The fourth-order valence-corrected chi connectivity index (χ4v) is 2.53. The number of rotatable bonds is 2. The number of nitrogens with zero attached hydrogens (tertiary/aromatic N) is 1. The molecular formula is C13H11BrCl2N2O. The Morgan fingerprint density at radius 3 is 2.74 bits per heavy atom. The maximum Gasteiger partial charge on any atom is 0.265 e. The van der Waals surface area contributed by atoms with Crippen LogP contribution >= 0.6 is 39.1 Å². The van der Waals surface area contributed by atoms with Crippen molar-refractivity contribution in [2.75, 3.05) is 5.73 Å². The fraction of sp³-hybridized carbons (Fsp3) is 0.154. The summed E-state index contributed by atoms with van der Waals surface area (Å²) in [4.78, 5) is 12.1. The molecule has 1 aromatic carbocycles. The van der Waals surface area contributed by atoms with E-state index in [4.69, 9.17) is 28.9 Å². The van der Waals surface area contributed by atoms with Gasteiger partial charge in [0.15, 0.2) is 0 Å². The molecule has 1 heterocycles. The smallest absolute Gasteiger partial charge is 0.265 e. The van der Waals surface area contributed by atoms with Crippen molar-refractivity contribution < 1.29 is 0 Å². The molecule has 3 nitrogen and oxygen atoms in total. The van der Waals surface area contributed by atoms with Crippen molar-refractivity contribution >= 4 is 44.8 Å². The van der Waals surface area contributed by atoms with Crippen LogP contribution in [0.25, 0.3) is 0 Å². The average molecular weight is 362 g/mol. The lowest BCUT2D eigenvalue weighted by Crippen LogP contribution is -2.23. The lowest BCUT2D eigenvalue weighted by molar-refractivity contribution is 0.755. The van der Waals surface area contributed by atoms with Crippen molar-refractivity contribution in [3.63, 3.8) is 0 Å². The van der Waals surface area contributed by atoms with E-state index in [0.717, 1.165) is 11.1 Å². The van der Waals surface area contributed by atoms with Gasteiger partial charge in [0.05, 0.1) is 16.7 Å². The largest absolute Gasteiger partial charge is 0.397 e. The van der Waals surface area contributed by atoms with Gasteiger partial charge < -0.3 is 10.3 Å². The van der Waals surface area contributed by atoms with E-state index in [0.29, 0.717) is 26.8 Å². The lowest BCUT2D eigenvalue weighted by Gasteiger charge is -2.11. The maximum atomic E-state index is 12.1. The molecule has 2 aromatic rings. The van der Waals surface area contributed by atoms with Gasteiger partial charge in [0, 0.05) is 16.2 Å². The monoisotopic (exact) mass is 360 g/mol. The van der Waals surface area contributed by atoms with Crippen molar-refractivity contribution in [2.24, 2.45) is 0 Å². The molecule has 0 atom stereocenters. The van der Waals surface area contributed by atoms with Gasteiger partial charge in [-0.1, -0.05) is 23.2 Å². The summed E-state index contributed by atoms with van der Waals surface area (Å²) < 4.78 is 1.97. The van der Waals surface area contributed by atoms with Crippen LogP contribution in [0.15, 0.2) is 33.7 Å². The Bertz CT molecular complexity index is 698. The summed E-state index contributed by atoms with van der Waals surface area (Å²) in [5.41, 5.74) is 7.76. The van der Waals surface area contributed by atoms with Crippen molar-refractivity contribution in [1.29, 1.82) is 0 Å². The second kappa shape index (κ2) is 5.57. The summed E-state index contributed by atoms with van der Waals surface area (Å²) in [6.07, 6.45) is 1.61. The quantitative estimate of drug-likeness (QED) is 0.882. The van der Waals surface area contributed by atoms with Crippen LogP contribution in [-0.4, -0.2) is 4.57 Å². The van der Waals surface area contributed by atoms with Gasteiger partial charge >= 0.3 is 0 Å². The first kappa shape index (κ1) is 14.4. The van der Waals surface area contributed by atoms with Crippen LogP contribution in [-0.2, 0) is 6.54 Å². The first-order chi connectivity index (χ1) is 8.90. The molecule has 0 saturated heterocycles. The second-order valence-corrected chi connectivity index (χ2v) is 5.83. The van der Waals surface area contributed by atoms with Crippen molar-refractivity contribution in [3.8, 4) is 0 Å². The molecule has 0 bridgehead atoms. The van der Waals surface area contributed by atoms with Gasteiger partial charge in [-0.15, -0.1) is 0 Å². The molecule has 6 heteroatoms. The zero-order valence-corrected chi connectivity index (χ0v) is 13.2. The Kier molecular flexibility index (Phi) is 4.23. The van der Waals surface area contributed by atoms with Gasteiger partial charge in [0.2, 0.25) is 0 Å². The Morgan fingerprint density at radius 1 is 1.37 bits per heavy atom. The number of hydrogen-bond acceptors (Lipinski definition) is 2. The molecule has 0 aliphatic heterocycles. The third kappa shape index (κ3) is 2.96. The van der Waals surface area contributed by atoms with E-state index in [1.807, 2.05) is 0 Å². The van der Waals surface area contributed by atoms with E-state index in [9.17, 15) is 4.79 Å². The van der Waals surface area contributed by atoms with Crippen LogP contribution < -0.4 is 11.3 Å². The Hall–Kier alpha value is -0.970. The van der Waals surface area contributed by atoms with Crippen molar-refractivity contribution in [2.45, 2.75) is 13.5 Å². The molecule has 2 rings (SSSR count). The number of anilines is 1. The minimum absolute atomic E-state index is 0.150. The number of halogens is 3. The zero-order chi connectivity index (χ0) is 14.2. The van der Waals surface area contributed by atoms with Crippen molar-refractivity contribution in [3.05, 3.63) is 60.4 Å². The number of aromatic nitrogens is 1. The van der Waals surface area contributed by atoms with E-state index in [2.05, 4.69) is 15.9 Å². The third-order valence-corrected chi connectivity index (χ3v) is 4.39. The van der Waals surface area contributed by atoms with Crippen LogP contribution in [0.5, 0.6) is 0 Å². The van der Waals surface area contributed by atoms with Crippen LogP contribution in [0, 0.1) is 6.92 Å². The highest BCUT2D eigenvalue weighted by Gasteiger charge is 2.10. The SMILES string of the molecule is Cc1c(N)cn(Cc2cc(Cl)ccc2Cl)c(=O)c1Br. The first-order valence-corrected chi connectivity index (χ1v) is 7.04. The first-order valence-electron chi connectivity index (χ1n) is 5.49. The van der Waals surface area contributed by atoms with Crippen molar-refractivity contribution in [1.82, 2.24) is 4.57 Å². The van der Waals surface area contributed by atoms with Crippen LogP contribution in [0.3, 0.4) is 0 Å². The van der Waals surface area contributed by atoms with E-state index in [1.165, 1.54) is 4.57 Å². The number of hydrogen-bond donors (Lipinski definition) is 1. The molecule has 0 fully saturated rings. The fourth-order valence-electron chi connectivity index (χ4n) is 1.70. The van der Waals surface area contributed by atoms with E-state index < -0.39 is 0 Å². The normalized spacial score (nSPS) is 10.7. The van der Waals surface area contributed by atoms with Gasteiger partial charge in [0.1, 0.15) is 0 Å². The molecule has 0 unspecified atom stereocenters. The summed E-state index contributed by atoms with van der Waals surface area (Å²) in [6, 6.07) is 5.15. The maximum absolute atomic E-state index is 12.1. The number of pyridine rings is 1. The number of nitrogen functional groups attached to an aromatic ring is 1. The van der Waals surface area contributed by atoms with Gasteiger partial charge in [-0.05, 0) is 52.2 Å². The van der Waals surface area contributed by atoms with Crippen LogP contribution in [0.2, 0.25) is 10.0 Å². The minimum Gasteiger partial charge on any atom is -0.397 e. The van der Waals surface area contributed by atoms with Gasteiger partial charge in [-0.25, -0.2) is 0 Å². The van der Waals surface area contributed by atoms with Crippen LogP contribution in [0.1, 0.15) is 11.1 Å². The standard InChI is InChI=1S/C13H11BrCl2N2O/c1-7-11(17)6-18(13(19)12(7)14)5-8-4-9(15)2-3-10(8)16/h2-4,6H,5,17H2,1H3. The molecule has 0 aliphatic rings. The van der Waals surface area contributed by atoms with Gasteiger partial charge in [-0.2, -0.15) is 0 Å². The van der Waals surface area contributed by atoms with Crippen LogP contribution in [0.4, 0.5) is 5.69 Å². The molecule has 19 heavy (non-hydrogen) atoms. The Labute approximate surface area is 129 Å². The third-order valence-electron chi connectivity index (χ3n) is 2.85. The molecule has 0 saturated carbocycles. The molecule has 100 valence electrons. The molecule has 0 amide bonds. The molecule has 0 spiro atoms. The number of nitrogens with two attached hydrogens (primary N) is 1. The van der Waals surface area contributed by atoms with E-state index >= 15 is 0 Å². The minimum atomic E-state index is -0.150. The van der Waals surface area contributed by atoms with Gasteiger partial charge in [0.25, 0.3) is 5.56 Å². The highest BCUT2D eigenvalue weighted by molar-refractivity contribution is 9.10. The summed E-state index contributed by atoms with van der Waals surface area (Å²) in [5.74, 6) is 0. The summed E-state index contributed by atoms with van der Waals surface area (Å²) in [6.45, 7) is 2.11. The summed E-state index contributed by atoms with van der Waals surface area (Å²) in [7, 11) is 0. The van der Waals surface area contributed by atoms with E-state index in [-0.39, 0.29) is 5.56 Å². The molecule has 2 N–H and O–H groups in total. The van der Waals surface area contributed by atoms with E-state index in [1.54, 1.807) is 31.3 Å². The summed E-state index contributed by atoms with van der Waals surface area (Å²) in [5, 5.41) is 1.14. The molecule has 1 aromatic heterocycles. The summed E-state index contributed by atoms with van der Waals surface area (Å²) >= 11 is 15.3. The molecule has 0 radical (unpaired) electrons. The Balaban J connectivity index is 2.50. The number of benzene rings is 1. The average Bonchev–Trinajstić information content (AvgIpc) is 2.37. The topological polar surface area (TPSA) is 48.0 Å². The second-order valence-electron chi connectivity index (χ2n) is 4.19. The Morgan fingerprint density at radius 2 is 2.05 bits per heavy atom. The van der Waals surface area contributed by atoms with Gasteiger partial charge in [-0.3, -0.25) is 4.79 Å². The lowest BCUT2D eigenvalue weighted by atomic mass is 10.2. The molecule has 0 aliphatic carbocycles. The highest BCUT2D eigenvalue weighted by atomic mass is 79.9.